The zero-order chi connectivity index (χ0) is 20.8. The molecular weight excluding hydrogens is 377 g/mol. The topological polar surface area (TPSA) is 90.3 Å². The van der Waals surface area contributed by atoms with E-state index >= 15 is 0 Å². The minimum Gasteiger partial charge on any atom is -0.462 e. The van der Waals surface area contributed by atoms with Crippen molar-refractivity contribution >= 4 is 28.5 Å². The highest BCUT2D eigenvalue weighted by molar-refractivity contribution is 5.93. The van der Waals surface area contributed by atoms with Gasteiger partial charge in [0.1, 0.15) is 12.4 Å². The van der Waals surface area contributed by atoms with Crippen LogP contribution in [0.2, 0.25) is 0 Å². The first-order valence-electron chi connectivity index (χ1n) is 9.19. The maximum Gasteiger partial charge on any atom is 0.338 e. The largest absolute Gasteiger partial charge is 0.462 e. The van der Waals surface area contributed by atoms with Gasteiger partial charge in [-0.2, -0.15) is 0 Å². The molecule has 0 saturated heterocycles. The van der Waals surface area contributed by atoms with Gasteiger partial charge in [0.05, 0.1) is 29.4 Å². The van der Waals surface area contributed by atoms with Crippen LogP contribution in [0.4, 0.5) is 10.1 Å². The Bertz CT molecular complexity index is 1090. The SMILES string of the molecule is CCCCOC(=O)c1ccc(NC(=O)Cn2cnc3cc(F)ccc3c2=O)cc1. The summed E-state index contributed by atoms with van der Waals surface area (Å²) < 4.78 is 19.5. The lowest BCUT2D eigenvalue weighted by atomic mass is 10.2. The maximum atomic E-state index is 13.2. The van der Waals surface area contributed by atoms with Gasteiger partial charge in [0.2, 0.25) is 5.91 Å². The first kappa shape index (κ1) is 20.2. The number of carbonyl (C=O) groups excluding carboxylic acids is 2. The Morgan fingerprint density at radius 3 is 2.66 bits per heavy atom. The molecule has 0 bridgehead atoms. The normalized spacial score (nSPS) is 10.7. The monoisotopic (exact) mass is 397 g/mol. The number of nitrogens with zero attached hydrogens (tertiary/aromatic N) is 2. The van der Waals surface area contributed by atoms with E-state index in [2.05, 4.69) is 10.3 Å². The van der Waals surface area contributed by atoms with Gasteiger partial charge in [0, 0.05) is 11.8 Å². The first-order chi connectivity index (χ1) is 14.0. The maximum absolute atomic E-state index is 13.2. The lowest BCUT2D eigenvalue weighted by Crippen LogP contribution is -2.28. The van der Waals surface area contributed by atoms with Gasteiger partial charge in [-0.25, -0.2) is 14.2 Å². The second-order valence-electron chi connectivity index (χ2n) is 6.45. The van der Waals surface area contributed by atoms with Gasteiger partial charge in [-0.15, -0.1) is 0 Å². The summed E-state index contributed by atoms with van der Waals surface area (Å²) in [5.74, 6) is -1.34. The Hall–Kier alpha value is -3.55. The summed E-state index contributed by atoms with van der Waals surface area (Å²) in [5.41, 5.74) is 0.661. The van der Waals surface area contributed by atoms with Crippen molar-refractivity contribution < 1.29 is 18.7 Å². The number of amides is 1. The van der Waals surface area contributed by atoms with E-state index in [-0.39, 0.29) is 17.4 Å². The van der Waals surface area contributed by atoms with E-state index in [4.69, 9.17) is 4.74 Å². The zero-order valence-corrected chi connectivity index (χ0v) is 15.9. The van der Waals surface area contributed by atoms with Crippen LogP contribution < -0.4 is 10.9 Å². The molecule has 29 heavy (non-hydrogen) atoms. The molecule has 2 aromatic carbocycles. The summed E-state index contributed by atoms with van der Waals surface area (Å²) in [6.07, 6.45) is 2.95. The fraction of sp³-hybridized carbons (Fsp3) is 0.238. The molecule has 1 N–H and O–H groups in total. The molecule has 0 aliphatic heterocycles. The van der Waals surface area contributed by atoms with Crippen LogP contribution in [0.25, 0.3) is 10.9 Å². The summed E-state index contributed by atoms with van der Waals surface area (Å²) in [6.45, 7) is 2.13. The number of carbonyl (C=O) groups is 2. The molecule has 0 unspecified atom stereocenters. The number of nitrogens with one attached hydrogen (secondary N) is 1. The van der Waals surface area contributed by atoms with E-state index in [1.165, 1.54) is 18.5 Å². The molecule has 7 nitrogen and oxygen atoms in total. The standard InChI is InChI=1S/C21H20FN3O4/c1-2-3-10-29-21(28)14-4-7-16(8-5-14)24-19(26)12-25-13-23-18-11-15(22)6-9-17(18)20(25)27/h4-9,11,13H,2-3,10,12H2,1H3,(H,24,26). The van der Waals surface area contributed by atoms with Gasteiger partial charge < -0.3 is 10.1 Å². The molecule has 0 atom stereocenters. The number of fused-ring (bicyclic) bond motifs is 1. The highest BCUT2D eigenvalue weighted by atomic mass is 19.1. The van der Waals surface area contributed by atoms with Crippen LogP contribution in [-0.4, -0.2) is 28.0 Å². The third kappa shape index (κ3) is 5.04. The van der Waals surface area contributed by atoms with Crippen LogP contribution >= 0.6 is 0 Å². The van der Waals surface area contributed by atoms with Crippen molar-refractivity contribution in [3.05, 3.63) is 70.5 Å². The van der Waals surface area contributed by atoms with Gasteiger partial charge in [0.15, 0.2) is 0 Å². The molecule has 3 aromatic rings. The van der Waals surface area contributed by atoms with Crippen molar-refractivity contribution in [2.75, 3.05) is 11.9 Å². The van der Waals surface area contributed by atoms with Crippen molar-refractivity contribution in [2.45, 2.75) is 26.3 Å². The molecule has 8 heteroatoms. The third-order valence-electron chi connectivity index (χ3n) is 4.24. The van der Waals surface area contributed by atoms with E-state index in [9.17, 15) is 18.8 Å². The molecule has 150 valence electrons. The summed E-state index contributed by atoms with van der Waals surface area (Å²) in [5, 5.41) is 2.88. The first-order valence-corrected chi connectivity index (χ1v) is 9.19. The van der Waals surface area contributed by atoms with Crippen LogP contribution in [0.1, 0.15) is 30.1 Å². The van der Waals surface area contributed by atoms with E-state index in [0.717, 1.165) is 23.5 Å². The van der Waals surface area contributed by atoms with Gasteiger partial charge in [-0.05, 0) is 42.8 Å². The molecule has 0 aliphatic rings. The summed E-state index contributed by atoms with van der Waals surface area (Å²) >= 11 is 0. The van der Waals surface area contributed by atoms with E-state index in [0.29, 0.717) is 17.9 Å². The van der Waals surface area contributed by atoms with Crippen LogP contribution in [0, 0.1) is 5.82 Å². The number of esters is 1. The number of rotatable bonds is 7. The third-order valence-corrected chi connectivity index (χ3v) is 4.24. The molecule has 0 radical (unpaired) electrons. The van der Waals surface area contributed by atoms with Crippen LogP contribution in [-0.2, 0) is 16.1 Å². The number of aromatic nitrogens is 2. The number of hydrogen-bond donors (Lipinski definition) is 1. The molecule has 1 heterocycles. The van der Waals surface area contributed by atoms with Gasteiger partial charge in [-0.1, -0.05) is 13.3 Å². The second-order valence-corrected chi connectivity index (χ2v) is 6.45. The number of ether oxygens (including phenoxy) is 1. The summed E-state index contributed by atoms with van der Waals surface area (Å²) in [4.78, 5) is 40.6. The summed E-state index contributed by atoms with van der Waals surface area (Å²) in [7, 11) is 0. The average Bonchev–Trinajstić information content (AvgIpc) is 2.70. The van der Waals surface area contributed by atoms with Crippen LogP contribution in [0.15, 0.2) is 53.6 Å². The lowest BCUT2D eigenvalue weighted by molar-refractivity contribution is -0.116. The van der Waals surface area contributed by atoms with Crippen molar-refractivity contribution in [1.82, 2.24) is 9.55 Å². The lowest BCUT2D eigenvalue weighted by Gasteiger charge is -2.09. The minimum atomic E-state index is -0.488. The molecule has 1 aromatic heterocycles. The molecular formula is C21H20FN3O4. The Morgan fingerprint density at radius 1 is 1.17 bits per heavy atom. The number of halogens is 1. The highest BCUT2D eigenvalue weighted by Gasteiger charge is 2.11. The van der Waals surface area contributed by atoms with Gasteiger partial charge in [0.25, 0.3) is 5.56 Å². The van der Waals surface area contributed by atoms with Crippen molar-refractivity contribution in [1.29, 1.82) is 0 Å². The average molecular weight is 397 g/mol. The van der Waals surface area contributed by atoms with Crippen LogP contribution in [0.5, 0.6) is 0 Å². The molecule has 3 rings (SSSR count). The van der Waals surface area contributed by atoms with E-state index in [1.54, 1.807) is 24.3 Å². The smallest absolute Gasteiger partial charge is 0.338 e. The Balaban J connectivity index is 1.64. The Kier molecular flexibility index (Phi) is 6.33. The van der Waals surface area contributed by atoms with Crippen molar-refractivity contribution in [3.63, 3.8) is 0 Å². The van der Waals surface area contributed by atoms with Crippen molar-refractivity contribution in [2.24, 2.45) is 0 Å². The van der Waals surface area contributed by atoms with E-state index in [1.807, 2.05) is 6.92 Å². The zero-order valence-electron chi connectivity index (χ0n) is 15.9. The molecule has 0 saturated carbocycles. The number of hydrogen-bond acceptors (Lipinski definition) is 5. The van der Waals surface area contributed by atoms with Crippen molar-refractivity contribution in [3.8, 4) is 0 Å². The molecule has 0 aliphatic carbocycles. The quantitative estimate of drug-likeness (QED) is 0.489. The predicted octanol–water partition coefficient (Wildman–Crippen LogP) is 3.13. The van der Waals surface area contributed by atoms with Gasteiger partial charge >= 0.3 is 5.97 Å². The van der Waals surface area contributed by atoms with Crippen LogP contribution in [0.3, 0.4) is 0 Å². The number of unbranched alkanes of at least 4 members (excludes halogenated alkanes) is 1. The van der Waals surface area contributed by atoms with E-state index < -0.39 is 23.3 Å². The summed E-state index contributed by atoms with van der Waals surface area (Å²) in [6, 6.07) is 9.95. The minimum absolute atomic E-state index is 0.229. The fourth-order valence-electron chi connectivity index (χ4n) is 2.68. The molecule has 1 amide bonds. The second kappa shape index (κ2) is 9.09. The Morgan fingerprint density at radius 2 is 1.93 bits per heavy atom. The number of anilines is 1. The highest BCUT2D eigenvalue weighted by Crippen LogP contribution is 2.12. The molecule has 0 spiro atoms. The molecule has 0 fully saturated rings. The fourth-order valence-corrected chi connectivity index (χ4v) is 2.68. The Labute approximate surface area is 166 Å². The van der Waals surface area contributed by atoms with Gasteiger partial charge in [-0.3, -0.25) is 14.2 Å². The number of benzene rings is 2. The predicted molar refractivity (Wildman–Crippen MR) is 106 cm³/mol.